The summed E-state index contributed by atoms with van der Waals surface area (Å²) in [6.45, 7) is 6.30. The number of rotatable bonds is 4. The van der Waals surface area contributed by atoms with Crippen molar-refractivity contribution in [1.29, 1.82) is 0 Å². The van der Waals surface area contributed by atoms with Gasteiger partial charge in [0.15, 0.2) is 0 Å². The van der Waals surface area contributed by atoms with Crippen LogP contribution in [0.3, 0.4) is 0 Å². The molecule has 0 saturated heterocycles. The molecule has 0 aromatic carbocycles. The van der Waals surface area contributed by atoms with Crippen LogP contribution in [-0.4, -0.2) is 12.1 Å². The maximum atomic E-state index is 5.82. The van der Waals surface area contributed by atoms with E-state index >= 15 is 0 Å². The average Bonchev–Trinajstić information content (AvgIpc) is 1.87. The Bertz CT molecular complexity index is 81.3. The lowest BCUT2D eigenvalue weighted by Crippen LogP contribution is -2.43. The molecule has 0 rings (SSSR count). The highest BCUT2D eigenvalue weighted by atomic mass is 14.8. The van der Waals surface area contributed by atoms with Crippen LogP contribution in [0.1, 0.15) is 33.6 Å². The topological polar surface area (TPSA) is 52.0 Å². The van der Waals surface area contributed by atoms with Gasteiger partial charge in [-0.25, -0.2) is 0 Å². The van der Waals surface area contributed by atoms with Crippen LogP contribution < -0.4 is 11.5 Å². The predicted octanol–water partition coefficient (Wildman–Crippen LogP) is 1.10. The zero-order valence-corrected chi connectivity index (χ0v) is 7.30. The third-order valence-electron chi connectivity index (χ3n) is 2.01. The van der Waals surface area contributed by atoms with Gasteiger partial charge in [0.1, 0.15) is 0 Å². The summed E-state index contributed by atoms with van der Waals surface area (Å²) >= 11 is 0. The average molecular weight is 144 g/mol. The lowest BCUT2D eigenvalue weighted by atomic mass is 9.93. The van der Waals surface area contributed by atoms with E-state index in [0.717, 1.165) is 0 Å². The molecule has 0 radical (unpaired) electrons. The van der Waals surface area contributed by atoms with Crippen molar-refractivity contribution in [2.45, 2.75) is 45.7 Å². The van der Waals surface area contributed by atoms with E-state index in [1.165, 1.54) is 12.8 Å². The van der Waals surface area contributed by atoms with Crippen molar-refractivity contribution in [2.75, 3.05) is 0 Å². The summed E-state index contributed by atoms with van der Waals surface area (Å²) in [6.07, 6.45) is 2.38. The van der Waals surface area contributed by atoms with Gasteiger partial charge in [0.25, 0.3) is 0 Å². The molecule has 4 N–H and O–H groups in total. The molecule has 2 heteroatoms. The van der Waals surface area contributed by atoms with Crippen LogP contribution in [0.4, 0.5) is 0 Å². The first-order valence-electron chi connectivity index (χ1n) is 4.10. The molecule has 3 atom stereocenters. The van der Waals surface area contributed by atoms with Gasteiger partial charge in [0.2, 0.25) is 0 Å². The summed E-state index contributed by atoms with van der Waals surface area (Å²) in [7, 11) is 0. The molecule has 0 aromatic heterocycles. The van der Waals surface area contributed by atoms with E-state index in [-0.39, 0.29) is 12.1 Å². The Morgan fingerprint density at radius 2 is 1.70 bits per heavy atom. The van der Waals surface area contributed by atoms with Gasteiger partial charge < -0.3 is 11.5 Å². The highest BCUT2D eigenvalue weighted by Crippen LogP contribution is 2.10. The molecule has 0 saturated carbocycles. The zero-order chi connectivity index (χ0) is 8.15. The van der Waals surface area contributed by atoms with E-state index in [0.29, 0.717) is 5.92 Å². The Hall–Kier alpha value is -0.0800. The van der Waals surface area contributed by atoms with E-state index in [4.69, 9.17) is 11.5 Å². The first kappa shape index (κ1) is 9.92. The summed E-state index contributed by atoms with van der Waals surface area (Å²) < 4.78 is 0. The van der Waals surface area contributed by atoms with Gasteiger partial charge in [0.05, 0.1) is 0 Å². The van der Waals surface area contributed by atoms with Gasteiger partial charge in [-0.3, -0.25) is 0 Å². The normalized spacial score (nSPS) is 20.1. The fraction of sp³-hybridized carbons (Fsp3) is 1.00. The first-order valence-corrected chi connectivity index (χ1v) is 4.10. The van der Waals surface area contributed by atoms with E-state index in [1.807, 2.05) is 6.92 Å². The number of hydrogen-bond donors (Lipinski definition) is 2. The molecule has 0 aromatic rings. The van der Waals surface area contributed by atoms with E-state index < -0.39 is 0 Å². The Labute approximate surface area is 64.0 Å². The van der Waals surface area contributed by atoms with Crippen LogP contribution in [0.25, 0.3) is 0 Å². The SMILES string of the molecule is CCCC(C)C(N)C(C)N. The summed E-state index contributed by atoms with van der Waals surface area (Å²) in [5.41, 5.74) is 11.5. The van der Waals surface area contributed by atoms with Crippen molar-refractivity contribution < 1.29 is 0 Å². The van der Waals surface area contributed by atoms with Gasteiger partial charge in [-0.15, -0.1) is 0 Å². The van der Waals surface area contributed by atoms with Gasteiger partial charge >= 0.3 is 0 Å². The molecule has 10 heavy (non-hydrogen) atoms. The standard InChI is InChI=1S/C8H20N2/c1-4-5-6(2)8(10)7(3)9/h6-8H,4-5,9-10H2,1-3H3. The lowest BCUT2D eigenvalue weighted by Gasteiger charge is -2.22. The Morgan fingerprint density at radius 3 is 2.00 bits per heavy atom. The van der Waals surface area contributed by atoms with Gasteiger partial charge in [-0.1, -0.05) is 20.3 Å². The van der Waals surface area contributed by atoms with Gasteiger partial charge in [-0.05, 0) is 19.3 Å². The quantitative estimate of drug-likeness (QED) is 0.620. The maximum Gasteiger partial charge on any atom is 0.0215 e. The Kier molecular flexibility index (Phi) is 4.65. The van der Waals surface area contributed by atoms with Crippen LogP contribution in [0.2, 0.25) is 0 Å². The minimum absolute atomic E-state index is 0.126. The minimum Gasteiger partial charge on any atom is -0.327 e. The Morgan fingerprint density at radius 1 is 1.20 bits per heavy atom. The highest BCUT2D eigenvalue weighted by Gasteiger charge is 2.14. The second-order valence-corrected chi connectivity index (χ2v) is 3.20. The lowest BCUT2D eigenvalue weighted by molar-refractivity contribution is 0.380. The molecule has 0 aliphatic carbocycles. The predicted molar refractivity (Wildman–Crippen MR) is 45.7 cm³/mol. The van der Waals surface area contributed by atoms with Gasteiger partial charge in [-0.2, -0.15) is 0 Å². The molecule has 3 unspecified atom stereocenters. The molecule has 62 valence electrons. The van der Waals surface area contributed by atoms with Crippen LogP contribution in [-0.2, 0) is 0 Å². The number of nitrogens with two attached hydrogens (primary N) is 2. The second-order valence-electron chi connectivity index (χ2n) is 3.20. The molecule has 0 aliphatic rings. The van der Waals surface area contributed by atoms with Crippen LogP contribution in [0, 0.1) is 5.92 Å². The molecule has 0 amide bonds. The molecular weight excluding hydrogens is 124 g/mol. The third-order valence-corrected chi connectivity index (χ3v) is 2.01. The Balaban J connectivity index is 3.58. The molecular formula is C8H20N2. The molecule has 0 bridgehead atoms. The largest absolute Gasteiger partial charge is 0.327 e. The monoisotopic (exact) mass is 144 g/mol. The van der Waals surface area contributed by atoms with Crippen molar-refractivity contribution in [3.63, 3.8) is 0 Å². The minimum atomic E-state index is 0.126. The number of hydrogen-bond acceptors (Lipinski definition) is 2. The fourth-order valence-corrected chi connectivity index (χ4v) is 1.17. The van der Waals surface area contributed by atoms with Crippen molar-refractivity contribution in [3.8, 4) is 0 Å². The van der Waals surface area contributed by atoms with E-state index in [2.05, 4.69) is 13.8 Å². The highest BCUT2D eigenvalue weighted by molar-refractivity contribution is 4.76. The third kappa shape index (κ3) is 3.18. The summed E-state index contributed by atoms with van der Waals surface area (Å²) in [4.78, 5) is 0. The summed E-state index contributed by atoms with van der Waals surface area (Å²) in [5, 5.41) is 0. The van der Waals surface area contributed by atoms with E-state index in [9.17, 15) is 0 Å². The molecule has 0 fully saturated rings. The molecule has 0 spiro atoms. The van der Waals surface area contributed by atoms with Crippen LogP contribution in [0.5, 0.6) is 0 Å². The van der Waals surface area contributed by atoms with Crippen molar-refractivity contribution in [1.82, 2.24) is 0 Å². The molecule has 0 aliphatic heterocycles. The van der Waals surface area contributed by atoms with Gasteiger partial charge in [0, 0.05) is 12.1 Å². The van der Waals surface area contributed by atoms with Crippen molar-refractivity contribution >= 4 is 0 Å². The van der Waals surface area contributed by atoms with E-state index in [1.54, 1.807) is 0 Å². The zero-order valence-electron chi connectivity index (χ0n) is 7.30. The van der Waals surface area contributed by atoms with Crippen LogP contribution >= 0.6 is 0 Å². The fourth-order valence-electron chi connectivity index (χ4n) is 1.17. The smallest absolute Gasteiger partial charge is 0.0215 e. The van der Waals surface area contributed by atoms with Crippen molar-refractivity contribution in [2.24, 2.45) is 17.4 Å². The summed E-state index contributed by atoms with van der Waals surface area (Å²) in [6, 6.07) is 0.293. The van der Waals surface area contributed by atoms with Crippen molar-refractivity contribution in [3.05, 3.63) is 0 Å². The molecule has 0 heterocycles. The summed E-state index contributed by atoms with van der Waals surface area (Å²) in [5.74, 6) is 0.560. The molecule has 2 nitrogen and oxygen atoms in total. The van der Waals surface area contributed by atoms with Crippen LogP contribution in [0.15, 0.2) is 0 Å². The second kappa shape index (κ2) is 4.69. The first-order chi connectivity index (χ1) is 4.59. The maximum absolute atomic E-state index is 5.82.